The average molecular weight is 310 g/mol. The molecule has 110 valence electrons. The SMILES string of the molecule is C[C@@H](NC(=O)Cc1c(F)cccc1Cl)c1ccc(F)cc1. The Morgan fingerprint density at radius 2 is 1.86 bits per heavy atom. The molecule has 2 aromatic carbocycles. The maximum atomic E-state index is 13.6. The lowest BCUT2D eigenvalue weighted by atomic mass is 10.1. The van der Waals surface area contributed by atoms with Crippen LogP contribution in [0.3, 0.4) is 0 Å². The van der Waals surface area contributed by atoms with Crippen molar-refractivity contribution >= 4 is 17.5 Å². The quantitative estimate of drug-likeness (QED) is 0.907. The zero-order chi connectivity index (χ0) is 15.4. The Bertz CT molecular complexity index is 623. The second kappa shape index (κ2) is 6.68. The lowest BCUT2D eigenvalue weighted by molar-refractivity contribution is -0.121. The lowest BCUT2D eigenvalue weighted by Gasteiger charge is -2.15. The molecule has 0 unspecified atom stereocenters. The van der Waals surface area contributed by atoms with E-state index in [9.17, 15) is 13.6 Å². The molecule has 2 aromatic rings. The number of rotatable bonds is 4. The molecule has 2 rings (SSSR count). The zero-order valence-electron chi connectivity index (χ0n) is 11.4. The third-order valence-electron chi connectivity index (χ3n) is 3.15. The lowest BCUT2D eigenvalue weighted by Crippen LogP contribution is -2.28. The summed E-state index contributed by atoms with van der Waals surface area (Å²) in [5, 5.41) is 2.95. The van der Waals surface area contributed by atoms with Gasteiger partial charge in [0.15, 0.2) is 0 Å². The summed E-state index contributed by atoms with van der Waals surface area (Å²) in [7, 11) is 0. The maximum Gasteiger partial charge on any atom is 0.225 e. The van der Waals surface area contributed by atoms with Crippen LogP contribution in [0.4, 0.5) is 8.78 Å². The highest BCUT2D eigenvalue weighted by Gasteiger charge is 2.14. The first-order chi connectivity index (χ1) is 9.97. The van der Waals surface area contributed by atoms with Crippen molar-refractivity contribution in [3.8, 4) is 0 Å². The number of hydrogen-bond donors (Lipinski definition) is 1. The smallest absolute Gasteiger partial charge is 0.225 e. The first-order valence-electron chi connectivity index (χ1n) is 6.45. The molecular weight excluding hydrogens is 296 g/mol. The molecule has 0 heterocycles. The van der Waals surface area contributed by atoms with E-state index in [2.05, 4.69) is 5.32 Å². The Labute approximate surface area is 126 Å². The molecule has 0 spiro atoms. The number of nitrogens with one attached hydrogen (secondary N) is 1. The summed E-state index contributed by atoms with van der Waals surface area (Å²) >= 11 is 5.88. The average Bonchev–Trinajstić information content (AvgIpc) is 2.43. The van der Waals surface area contributed by atoms with Gasteiger partial charge in [0.2, 0.25) is 5.91 Å². The van der Waals surface area contributed by atoms with Crippen molar-refractivity contribution < 1.29 is 13.6 Å². The molecule has 2 nitrogen and oxygen atoms in total. The van der Waals surface area contributed by atoms with E-state index in [1.54, 1.807) is 19.1 Å². The highest BCUT2D eigenvalue weighted by Crippen LogP contribution is 2.20. The number of benzene rings is 2. The molecular formula is C16H14ClF2NO. The van der Waals surface area contributed by atoms with Crippen LogP contribution in [0.15, 0.2) is 42.5 Å². The maximum absolute atomic E-state index is 13.6. The van der Waals surface area contributed by atoms with Crippen molar-refractivity contribution in [3.05, 3.63) is 70.2 Å². The highest BCUT2D eigenvalue weighted by atomic mass is 35.5. The van der Waals surface area contributed by atoms with Gasteiger partial charge in [-0.1, -0.05) is 29.8 Å². The van der Waals surface area contributed by atoms with Gasteiger partial charge in [-0.25, -0.2) is 8.78 Å². The Balaban J connectivity index is 2.03. The van der Waals surface area contributed by atoms with E-state index in [1.165, 1.54) is 30.3 Å². The monoisotopic (exact) mass is 309 g/mol. The van der Waals surface area contributed by atoms with E-state index >= 15 is 0 Å². The van der Waals surface area contributed by atoms with Crippen LogP contribution in [-0.2, 0) is 11.2 Å². The minimum Gasteiger partial charge on any atom is -0.349 e. The second-order valence-electron chi connectivity index (χ2n) is 4.72. The van der Waals surface area contributed by atoms with E-state index in [-0.39, 0.29) is 34.8 Å². The number of hydrogen-bond acceptors (Lipinski definition) is 1. The van der Waals surface area contributed by atoms with Gasteiger partial charge in [0, 0.05) is 10.6 Å². The van der Waals surface area contributed by atoms with E-state index in [4.69, 9.17) is 11.6 Å². The third kappa shape index (κ3) is 4.02. The van der Waals surface area contributed by atoms with Gasteiger partial charge in [-0.3, -0.25) is 4.79 Å². The highest BCUT2D eigenvalue weighted by molar-refractivity contribution is 6.31. The summed E-state index contributed by atoms with van der Waals surface area (Å²) < 4.78 is 26.5. The second-order valence-corrected chi connectivity index (χ2v) is 5.12. The third-order valence-corrected chi connectivity index (χ3v) is 3.50. The van der Waals surface area contributed by atoms with Gasteiger partial charge in [0.1, 0.15) is 11.6 Å². The molecule has 1 N–H and O–H groups in total. The fraction of sp³-hybridized carbons (Fsp3) is 0.188. The topological polar surface area (TPSA) is 29.1 Å². The van der Waals surface area contributed by atoms with Crippen molar-refractivity contribution in [3.63, 3.8) is 0 Å². The fourth-order valence-electron chi connectivity index (χ4n) is 1.99. The summed E-state index contributed by atoms with van der Waals surface area (Å²) in [6.45, 7) is 1.77. The molecule has 1 atom stereocenters. The van der Waals surface area contributed by atoms with Gasteiger partial charge in [-0.15, -0.1) is 0 Å². The van der Waals surface area contributed by atoms with Gasteiger partial charge in [0.25, 0.3) is 0 Å². The first-order valence-corrected chi connectivity index (χ1v) is 6.83. The normalized spacial score (nSPS) is 12.0. The molecule has 5 heteroatoms. The molecule has 0 aliphatic carbocycles. The van der Waals surface area contributed by atoms with Crippen LogP contribution in [0.1, 0.15) is 24.1 Å². The van der Waals surface area contributed by atoms with Crippen molar-refractivity contribution in [2.45, 2.75) is 19.4 Å². The van der Waals surface area contributed by atoms with Gasteiger partial charge in [-0.05, 0) is 36.8 Å². The van der Waals surface area contributed by atoms with Gasteiger partial charge < -0.3 is 5.32 Å². The van der Waals surface area contributed by atoms with Crippen LogP contribution < -0.4 is 5.32 Å². The Morgan fingerprint density at radius 3 is 2.48 bits per heavy atom. The predicted octanol–water partition coefficient (Wildman–Crippen LogP) is 4.04. The number of carbonyl (C=O) groups is 1. The molecule has 0 saturated carbocycles. The molecule has 0 aliphatic heterocycles. The standard InChI is InChI=1S/C16H14ClF2NO/c1-10(11-5-7-12(18)8-6-11)20-16(21)9-13-14(17)3-2-4-15(13)19/h2-8,10H,9H2,1H3,(H,20,21)/t10-/m1/s1. The molecule has 1 amide bonds. The summed E-state index contributed by atoms with van der Waals surface area (Å²) in [6, 6.07) is 9.82. The van der Waals surface area contributed by atoms with Crippen molar-refractivity contribution in [1.82, 2.24) is 5.32 Å². The summed E-state index contributed by atoms with van der Waals surface area (Å²) in [5.74, 6) is -1.19. The molecule has 0 saturated heterocycles. The largest absolute Gasteiger partial charge is 0.349 e. The Morgan fingerprint density at radius 1 is 1.19 bits per heavy atom. The molecule has 0 bridgehead atoms. The van der Waals surface area contributed by atoms with E-state index in [1.807, 2.05) is 0 Å². The predicted molar refractivity (Wildman–Crippen MR) is 78.1 cm³/mol. The number of halogens is 3. The van der Waals surface area contributed by atoms with Gasteiger partial charge in [0.05, 0.1) is 12.5 Å². The van der Waals surface area contributed by atoms with Crippen molar-refractivity contribution in [2.75, 3.05) is 0 Å². The fourth-order valence-corrected chi connectivity index (χ4v) is 2.22. The summed E-state index contributed by atoms with van der Waals surface area (Å²) in [5.41, 5.74) is 0.937. The zero-order valence-corrected chi connectivity index (χ0v) is 12.1. The first kappa shape index (κ1) is 15.4. The molecule has 0 fully saturated rings. The Hall–Kier alpha value is -1.94. The van der Waals surface area contributed by atoms with Crippen LogP contribution >= 0.6 is 11.6 Å². The van der Waals surface area contributed by atoms with Gasteiger partial charge in [-0.2, -0.15) is 0 Å². The van der Waals surface area contributed by atoms with Crippen LogP contribution in [0.2, 0.25) is 5.02 Å². The van der Waals surface area contributed by atoms with Crippen LogP contribution in [-0.4, -0.2) is 5.91 Å². The number of amides is 1. The molecule has 0 aliphatic rings. The van der Waals surface area contributed by atoms with Crippen LogP contribution in [0.25, 0.3) is 0 Å². The van der Waals surface area contributed by atoms with E-state index in [0.29, 0.717) is 0 Å². The van der Waals surface area contributed by atoms with Crippen molar-refractivity contribution in [1.29, 1.82) is 0 Å². The minimum atomic E-state index is -0.507. The molecule has 0 radical (unpaired) electrons. The Kier molecular flexibility index (Phi) is 4.91. The van der Waals surface area contributed by atoms with Crippen LogP contribution in [0, 0.1) is 11.6 Å². The summed E-state index contributed by atoms with van der Waals surface area (Å²) in [6.07, 6.45) is -0.142. The van der Waals surface area contributed by atoms with Crippen molar-refractivity contribution in [2.24, 2.45) is 0 Å². The summed E-state index contributed by atoms with van der Waals surface area (Å²) in [4.78, 5) is 12.0. The van der Waals surface area contributed by atoms with Gasteiger partial charge >= 0.3 is 0 Å². The molecule has 0 aromatic heterocycles. The van der Waals surface area contributed by atoms with E-state index in [0.717, 1.165) is 5.56 Å². The van der Waals surface area contributed by atoms with E-state index < -0.39 is 5.82 Å². The molecule has 21 heavy (non-hydrogen) atoms. The van der Waals surface area contributed by atoms with Crippen LogP contribution in [0.5, 0.6) is 0 Å². The number of carbonyl (C=O) groups excluding carboxylic acids is 1. The minimum absolute atomic E-state index is 0.142.